The molecule has 0 aromatic carbocycles. The molecule has 2 rings (SSSR count). The smallest absolute Gasteiger partial charge is 0.195 e. The van der Waals surface area contributed by atoms with Crippen molar-refractivity contribution in [3.05, 3.63) is 22.4 Å². The molecule has 0 aliphatic heterocycles. The van der Waals surface area contributed by atoms with Crippen molar-refractivity contribution in [2.45, 2.75) is 13.3 Å². The molecule has 2 N–H and O–H groups in total. The highest BCUT2D eigenvalue weighted by molar-refractivity contribution is 7.80. The molecular weight excluding hydrogens is 330 g/mol. The summed E-state index contributed by atoms with van der Waals surface area (Å²) in [7, 11) is 0. The molecular formula is C12H16ClN5OS2. The Kier molecular flexibility index (Phi) is 6.37. The van der Waals surface area contributed by atoms with Crippen LogP contribution in [-0.2, 0) is 4.74 Å². The van der Waals surface area contributed by atoms with Crippen molar-refractivity contribution in [1.82, 2.24) is 20.1 Å². The Balaban J connectivity index is 1.78. The molecule has 0 fully saturated rings. The fourth-order valence-electron chi connectivity index (χ4n) is 1.60. The van der Waals surface area contributed by atoms with Crippen molar-refractivity contribution in [2.24, 2.45) is 5.10 Å². The van der Waals surface area contributed by atoms with Crippen LogP contribution in [0.5, 0.6) is 0 Å². The van der Waals surface area contributed by atoms with Crippen LogP contribution in [0.4, 0.5) is 0 Å². The Labute approximate surface area is 137 Å². The van der Waals surface area contributed by atoms with E-state index in [-0.39, 0.29) is 0 Å². The summed E-state index contributed by atoms with van der Waals surface area (Å²) in [5.41, 5.74) is 3.47. The molecule has 0 aliphatic rings. The van der Waals surface area contributed by atoms with Crippen LogP contribution in [0.3, 0.4) is 0 Å². The Morgan fingerprint density at radius 3 is 3.33 bits per heavy atom. The number of nitrogens with zero attached hydrogens (tertiary/aromatic N) is 3. The van der Waals surface area contributed by atoms with Crippen molar-refractivity contribution < 1.29 is 4.74 Å². The predicted octanol–water partition coefficient (Wildman–Crippen LogP) is 2.27. The van der Waals surface area contributed by atoms with Gasteiger partial charge in [0.1, 0.15) is 5.69 Å². The van der Waals surface area contributed by atoms with Crippen molar-refractivity contribution in [3.8, 4) is 0 Å². The van der Waals surface area contributed by atoms with Gasteiger partial charge >= 0.3 is 0 Å². The predicted molar refractivity (Wildman–Crippen MR) is 90.5 cm³/mol. The second-order valence-corrected chi connectivity index (χ2v) is 5.66. The van der Waals surface area contributed by atoms with Crippen LogP contribution in [0.2, 0.25) is 5.15 Å². The summed E-state index contributed by atoms with van der Waals surface area (Å²) in [6, 6.07) is 0. The number of rotatable bonds is 7. The maximum Gasteiger partial charge on any atom is 0.195 e. The molecule has 2 aromatic heterocycles. The Bertz CT molecular complexity index is 624. The number of aromatic nitrogens is 2. The lowest BCUT2D eigenvalue weighted by molar-refractivity contribution is 0.145. The van der Waals surface area contributed by atoms with Crippen molar-refractivity contribution in [2.75, 3.05) is 19.8 Å². The van der Waals surface area contributed by atoms with Gasteiger partial charge < -0.3 is 10.1 Å². The highest BCUT2D eigenvalue weighted by Crippen LogP contribution is 2.19. The number of thiocarbonyl (C=S) groups is 1. The molecule has 0 saturated heterocycles. The molecule has 2 aromatic rings. The molecule has 114 valence electrons. The monoisotopic (exact) mass is 345 g/mol. The fourth-order valence-corrected chi connectivity index (χ4v) is 2.75. The zero-order chi connectivity index (χ0) is 15.1. The lowest BCUT2D eigenvalue weighted by atomic mass is 10.4. The molecule has 0 amide bonds. The number of halogens is 1. The average Bonchev–Trinajstić information content (AvgIpc) is 3.01. The molecule has 6 nitrogen and oxygen atoms in total. The van der Waals surface area contributed by atoms with Gasteiger partial charge in [-0.2, -0.15) is 5.10 Å². The molecule has 0 saturated carbocycles. The first-order valence-corrected chi connectivity index (χ1v) is 8.14. The van der Waals surface area contributed by atoms with Gasteiger partial charge in [0.05, 0.1) is 6.21 Å². The summed E-state index contributed by atoms with van der Waals surface area (Å²) in [6.45, 7) is 4.16. The number of ether oxygens (including phenoxy) is 1. The zero-order valence-electron chi connectivity index (χ0n) is 11.5. The largest absolute Gasteiger partial charge is 0.382 e. The van der Waals surface area contributed by atoms with Gasteiger partial charge in [-0.05, 0) is 25.6 Å². The van der Waals surface area contributed by atoms with Gasteiger partial charge in [0, 0.05) is 31.3 Å². The molecule has 0 atom stereocenters. The summed E-state index contributed by atoms with van der Waals surface area (Å²) in [5.74, 6) is 0. The quantitative estimate of drug-likeness (QED) is 0.349. The van der Waals surface area contributed by atoms with Crippen LogP contribution in [0, 0.1) is 0 Å². The fraction of sp³-hybridized carbons (Fsp3) is 0.417. The van der Waals surface area contributed by atoms with Crippen LogP contribution in [0.1, 0.15) is 19.0 Å². The number of nitrogens with one attached hydrogen (secondary N) is 2. The molecule has 9 heteroatoms. The van der Waals surface area contributed by atoms with E-state index in [9.17, 15) is 0 Å². The standard InChI is InChI=1S/C12H16ClN5OS2/c1-2-19-6-3-4-14-11(20)17-15-8-9-10(13)16-12-18(9)5-7-21-12/h5,7-8H,2-4,6H2,1H3,(H2,14,17,20)/b15-8-. The van der Waals surface area contributed by atoms with Gasteiger partial charge in [-0.15, -0.1) is 11.3 Å². The molecule has 0 unspecified atom stereocenters. The molecule has 21 heavy (non-hydrogen) atoms. The second-order valence-electron chi connectivity index (χ2n) is 4.02. The minimum Gasteiger partial charge on any atom is -0.382 e. The third-order valence-electron chi connectivity index (χ3n) is 2.56. The minimum absolute atomic E-state index is 0.419. The average molecular weight is 346 g/mol. The highest BCUT2D eigenvalue weighted by Gasteiger charge is 2.08. The normalized spacial score (nSPS) is 11.3. The number of hydrogen-bond donors (Lipinski definition) is 2. The van der Waals surface area contributed by atoms with Gasteiger partial charge in [-0.1, -0.05) is 11.6 Å². The van der Waals surface area contributed by atoms with Gasteiger partial charge in [-0.25, -0.2) is 4.98 Å². The third kappa shape index (κ3) is 4.63. The van der Waals surface area contributed by atoms with Crippen LogP contribution >= 0.6 is 35.2 Å². The summed E-state index contributed by atoms with van der Waals surface area (Å²) < 4.78 is 7.11. The van der Waals surface area contributed by atoms with Crippen molar-refractivity contribution >= 4 is 51.4 Å². The number of hydrogen-bond acceptors (Lipinski definition) is 5. The lowest BCUT2D eigenvalue weighted by Gasteiger charge is -2.06. The van der Waals surface area contributed by atoms with Crippen LogP contribution in [0.25, 0.3) is 4.96 Å². The molecule has 2 heterocycles. The van der Waals surface area contributed by atoms with E-state index in [0.29, 0.717) is 10.3 Å². The topological polar surface area (TPSA) is 63.0 Å². The number of thiazole rings is 1. The van der Waals surface area contributed by atoms with Gasteiger partial charge in [0.15, 0.2) is 15.2 Å². The van der Waals surface area contributed by atoms with E-state index < -0.39 is 0 Å². The van der Waals surface area contributed by atoms with E-state index >= 15 is 0 Å². The van der Waals surface area contributed by atoms with Crippen LogP contribution in [-0.4, -0.2) is 40.5 Å². The van der Waals surface area contributed by atoms with E-state index in [4.69, 9.17) is 28.6 Å². The Hall–Kier alpha value is -1.22. The summed E-state index contributed by atoms with van der Waals surface area (Å²) in [6.07, 6.45) is 4.39. The maximum absolute atomic E-state index is 6.05. The van der Waals surface area contributed by atoms with Gasteiger partial charge in [0.25, 0.3) is 0 Å². The highest BCUT2D eigenvalue weighted by atomic mass is 35.5. The van der Waals surface area contributed by atoms with Gasteiger partial charge in [-0.3, -0.25) is 9.83 Å². The van der Waals surface area contributed by atoms with Crippen molar-refractivity contribution in [3.63, 3.8) is 0 Å². The van der Waals surface area contributed by atoms with E-state index in [2.05, 4.69) is 20.8 Å². The molecule has 0 spiro atoms. The second kappa shape index (κ2) is 8.28. The van der Waals surface area contributed by atoms with E-state index in [0.717, 1.165) is 36.8 Å². The summed E-state index contributed by atoms with van der Waals surface area (Å²) in [5, 5.41) is 9.93. The Morgan fingerprint density at radius 2 is 2.52 bits per heavy atom. The first-order valence-electron chi connectivity index (χ1n) is 6.48. The third-order valence-corrected chi connectivity index (χ3v) is 3.83. The number of imidazole rings is 1. The molecule has 0 aliphatic carbocycles. The lowest BCUT2D eigenvalue weighted by Crippen LogP contribution is -2.33. The summed E-state index contributed by atoms with van der Waals surface area (Å²) in [4.78, 5) is 5.05. The van der Waals surface area contributed by atoms with E-state index in [1.54, 1.807) is 6.21 Å². The zero-order valence-corrected chi connectivity index (χ0v) is 13.9. The molecule has 0 bridgehead atoms. The molecule has 0 radical (unpaired) electrons. The first-order chi connectivity index (χ1) is 10.2. The van der Waals surface area contributed by atoms with E-state index in [1.807, 2.05) is 22.9 Å². The van der Waals surface area contributed by atoms with Crippen molar-refractivity contribution in [1.29, 1.82) is 0 Å². The van der Waals surface area contributed by atoms with Gasteiger partial charge in [0.2, 0.25) is 0 Å². The van der Waals surface area contributed by atoms with E-state index in [1.165, 1.54) is 11.3 Å². The first kappa shape index (κ1) is 16.2. The maximum atomic E-state index is 6.05. The number of hydrazone groups is 1. The minimum atomic E-state index is 0.419. The van der Waals surface area contributed by atoms with Crippen LogP contribution < -0.4 is 10.7 Å². The Morgan fingerprint density at radius 1 is 1.67 bits per heavy atom. The number of fused-ring (bicyclic) bond motifs is 1. The van der Waals surface area contributed by atoms with Crippen LogP contribution in [0.15, 0.2) is 16.7 Å². The summed E-state index contributed by atoms with van der Waals surface area (Å²) >= 11 is 12.7. The SMILES string of the molecule is CCOCCCNC(=S)N/N=C\c1c(Cl)nc2sccn12.